The van der Waals surface area contributed by atoms with Gasteiger partial charge in [0.2, 0.25) is 5.91 Å². The molecule has 0 unspecified atom stereocenters. The Bertz CT molecular complexity index is 612. The van der Waals surface area contributed by atoms with Crippen molar-refractivity contribution in [2.45, 2.75) is 20.3 Å². The zero-order valence-corrected chi connectivity index (χ0v) is 13.7. The number of hydrogen-bond donors (Lipinski definition) is 2. The van der Waals surface area contributed by atoms with Crippen LogP contribution in [-0.2, 0) is 9.59 Å². The molecule has 0 heterocycles. The van der Waals surface area contributed by atoms with Gasteiger partial charge < -0.3 is 15.3 Å². The fourth-order valence-electron chi connectivity index (χ4n) is 1.69. The molecular formula is C15H19ClN2O4. The minimum absolute atomic E-state index is 0.168. The molecule has 0 saturated heterocycles. The molecule has 0 fully saturated rings. The first-order valence-corrected chi connectivity index (χ1v) is 6.97. The van der Waals surface area contributed by atoms with E-state index >= 15 is 0 Å². The van der Waals surface area contributed by atoms with Gasteiger partial charge in [-0.3, -0.25) is 14.4 Å². The van der Waals surface area contributed by atoms with Crippen molar-refractivity contribution >= 4 is 35.1 Å². The van der Waals surface area contributed by atoms with Crippen molar-refractivity contribution in [1.29, 1.82) is 0 Å². The Morgan fingerprint density at radius 3 is 2.32 bits per heavy atom. The van der Waals surface area contributed by atoms with Gasteiger partial charge >= 0.3 is 5.97 Å². The van der Waals surface area contributed by atoms with Gasteiger partial charge in [-0.15, -0.1) is 0 Å². The Morgan fingerprint density at radius 1 is 1.27 bits per heavy atom. The summed E-state index contributed by atoms with van der Waals surface area (Å²) in [6.45, 7) is 2.95. The van der Waals surface area contributed by atoms with E-state index in [9.17, 15) is 14.4 Å². The number of rotatable bonds is 5. The number of benzene rings is 1. The van der Waals surface area contributed by atoms with Crippen LogP contribution in [0.2, 0.25) is 5.02 Å². The molecule has 120 valence electrons. The number of carbonyl (C=O) groups is 3. The average molecular weight is 327 g/mol. The van der Waals surface area contributed by atoms with Crippen molar-refractivity contribution in [2.24, 2.45) is 5.41 Å². The van der Waals surface area contributed by atoms with E-state index in [4.69, 9.17) is 16.7 Å². The van der Waals surface area contributed by atoms with Gasteiger partial charge in [0.1, 0.15) is 0 Å². The summed E-state index contributed by atoms with van der Waals surface area (Å²) in [6.07, 6.45) is -0.168. The summed E-state index contributed by atoms with van der Waals surface area (Å²) < 4.78 is 0. The van der Waals surface area contributed by atoms with E-state index in [0.29, 0.717) is 11.3 Å². The van der Waals surface area contributed by atoms with Gasteiger partial charge in [0.25, 0.3) is 5.91 Å². The third-order valence-corrected chi connectivity index (χ3v) is 3.38. The molecule has 0 atom stereocenters. The van der Waals surface area contributed by atoms with Crippen LogP contribution in [-0.4, -0.2) is 41.9 Å². The smallest absolute Gasteiger partial charge is 0.309 e. The number of carbonyl (C=O) groups excluding carboxylic acids is 2. The molecule has 0 spiro atoms. The van der Waals surface area contributed by atoms with E-state index in [-0.39, 0.29) is 17.4 Å². The third kappa shape index (κ3) is 4.46. The predicted molar refractivity (Wildman–Crippen MR) is 84.1 cm³/mol. The monoisotopic (exact) mass is 326 g/mol. The van der Waals surface area contributed by atoms with Crippen molar-refractivity contribution < 1.29 is 19.5 Å². The highest BCUT2D eigenvalue weighted by atomic mass is 35.5. The molecule has 2 amide bonds. The van der Waals surface area contributed by atoms with E-state index in [2.05, 4.69) is 5.32 Å². The van der Waals surface area contributed by atoms with Gasteiger partial charge in [-0.1, -0.05) is 11.6 Å². The van der Waals surface area contributed by atoms with E-state index in [1.165, 1.54) is 30.9 Å². The fourth-order valence-corrected chi connectivity index (χ4v) is 1.95. The average Bonchev–Trinajstić information content (AvgIpc) is 2.36. The standard InChI is InChI=1S/C15H19ClN2O4/c1-15(2,14(21)22)8-12(19)17-9-5-6-10(11(16)7-9)13(20)18(3)4/h5-7H,8H2,1-4H3,(H,17,19)(H,21,22). The van der Waals surface area contributed by atoms with Crippen molar-refractivity contribution in [1.82, 2.24) is 4.90 Å². The number of carboxylic acid groups (broad SMARTS) is 1. The predicted octanol–water partition coefficient (Wildman–Crippen LogP) is 2.48. The molecule has 1 aromatic carbocycles. The molecule has 2 N–H and O–H groups in total. The Kier molecular flexibility index (Phi) is 5.54. The highest BCUT2D eigenvalue weighted by Crippen LogP contribution is 2.24. The highest BCUT2D eigenvalue weighted by molar-refractivity contribution is 6.34. The first kappa shape index (κ1) is 18.0. The van der Waals surface area contributed by atoms with Crippen molar-refractivity contribution in [3.8, 4) is 0 Å². The molecule has 0 aliphatic rings. The lowest BCUT2D eigenvalue weighted by Crippen LogP contribution is -2.29. The fraction of sp³-hybridized carbons (Fsp3) is 0.400. The topological polar surface area (TPSA) is 86.7 Å². The van der Waals surface area contributed by atoms with Crippen LogP contribution >= 0.6 is 11.6 Å². The molecule has 1 rings (SSSR count). The summed E-state index contributed by atoms with van der Waals surface area (Å²) in [7, 11) is 3.23. The second-order valence-electron chi connectivity index (χ2n) is 5.81. The summed E-state index contributed by atoms with van der Waals surface area (Å²) in [4.78, 5) is 36.1. The molecular weight excluding hydrogens is 308 g/mol. The van der Waals surface area contributed by atoms with Crippen LogP contribution in [0.3, 0.4) is 0 Å². The zero-order valence-electron chi connectivity index (χ0n) is 12.9. The van der Waals surface area contributed by atoms with E-state index in [1.807, 2.05) is 0 Å². The minimum atomic E-state index is -1.16. The first-order chi connectivity index (χ1) is 10.0. The van der Waals surface area contributed by atoms with Crippen molar-refractivity contribution in [3.05, 3.63) is 28.8 Å². The summed E-state index contributed by atoms with van der Waals surface area (Å²) in [5.41, 5.74) is -0.420. The van der Waals surface area contributed by atoms with Crippen molar-refractivity contribution in [2.75, 3.05) is 19.4 Å². The molecule has 7 heteroatoms. The molecule has 0 bridgehead atoms. The summed E-state index contributed by atoms with van der Waals surface area (Å²) in [5, 5.41) is 11.8. The summed E-state index contributed by atoms with van der Waals surface area (Å²) in [5.74, 6) is -1.72. The highest BCUT2D eigenvalue weighted by Gasteiger charge is 2.30. The Morgan fingerprint density at radius 2 is 1.86 bits per heavy atom. The molecule has 1 aromatic rings. The number of anilines is 1. The number of hydrogen-bond acceptors (Lipinski definition) is 3. The van der Waals surface area contributed by atoms with Gasteiger partial charge in [0.05, 0.1) is 16.0 Å². The zero-order chi connectivity index (χ0) is 17.1. The van der Waals surface area contributed by atoms with Crippen LogP contribution in [0.25, 0.3) is 0 Å². The van der Waals surface area contributed by atoms with Crippen molar-refractivity contribution in [3.63, 3.8) is 0 Å². The largest absolute Gasteiger partial charge is 0.481 e. The molecule has 6 nitrogen and oxygen atoms in total. The number of carboxylic acids is 1. The molecule has 0 aromatic heterocycles. The summed E-state index contributed by atoms with van der Waals surface area (Å²) >= 11 is 6.04. The van der Waals surface area contributed by atoms with Crippen LogP contribution in [0.15, 0.2) is 18.2 Å². The number of aliphatic carboxylic acids is 1. The number of nitrogens with zero attached hydrogens (tertiary/aromatic N) is 1. The lowest BCUT2D eigenvalue weighted by molar-refractivity contribution is -0.148. The Balaban J connectivity index is 2.84. The van der Waals surface area contributed by atoms with Gasteiger partial charge in [-0.2, -0.15) is 0 Å². The maximum absolute atomic E-state index is 11.9. The lowest BCUT2D eigenvalue weighted by atomic mass is 9.89. The number of nitrogens with one attached hydrogen (secondary N) is 1. The minimum Gasteiger partial charge on any atom is -0.481 e. The van der Waals surface area contributed by atoms with E-state index in [1.54, 1.807) is 20.2 Å². The first-order valence-electron chi connectivity index (χ1n) is 6.59. The molecule has 0 aliphatic heterocycles. The van der Waals surface area contributed by atoms with Crippen LogP contribution in [0.4, 0.5) is 5.69 Å². The Labute approximate surface area is 134 Å². The molecule has 0 saturated carbocycles. The number of amides is 2. The van der Waals surface area contributed by atoms with Crippen LogP contribution < -0.4 is 5.32 Å². The molecule has 22 heavy (non-hydrogen) atoms. The van der Waals surface area contributed by atoms with Gasteiger partial charge in [-0.05, 0) is 32.0 Å². The SMILES string of the molecule is CN(C)C(=O)c1ccc(NC(=O)CC(C)(C)C(=O)O)cc1Cl. The van der Waals surface area contributed by atoms with Gasteiger partial charge in [0.15, 0.2) is 0 Å². The second kappa shape index (κ2) is 6.79. The van der Waals surface area contributed by atoms with Crippen LogP contribution in [0.1, 0.15) is 30.6 Å². The third-order valence-electron chi connectivity index (χ3n) is 3.07. The normalized spacial score (nSPS) is 11.0. The Hall–Kier alpha value is -2.08. The second-order valence-corrected chi connectivity index (χ2v) is 6.22. The summed E-state index contributed by atoms with van der Waals surface area (Å²) in [6, 6.07) is 4.53. The maximum Gasteiger partial charge on any atom is 0.309 e. The number of halogens is 1. The van der Waals surface area contributed by atoms with Gasteiger partial charge in [0, 0.05) is 26.2 Å². The quantitative estimate of drug-likeness (QED) is 0.870. The van der Waals surface area contributed by atoms with Crippen LogP contribution in [0.5, 0.6) is 0 Å². The van der Waals surface area contributed by atoms with Gasteiger partial charge in [-0.25, -0.2) is 0 Å². The molecule has 0 radical (unpaired) electrons. The van der Waals surface area contributed by atoms with E-state index in [0.717, 1.165) is 0 Å². The lowest BCUT2D eigenvalue weighted by Gasteiger charge is -2.18. The van der Waals surface area contributed by atoms with Crippen LogP contribution in [0, 0.1) is 5.41 Å². The maximum atomic E-state index is 11.9. The molecule has 0 aliphatic carbocycles. The van der Waals surface area contributed by atoms with E-state index < -0.39 is 17.3 Å².